The lowest BCUT2D eigenvalue weighted by Crippen LogP contribution is -2.18. The van der Waals surface area contributed by atoms with Gasteiger partial charge < -0.3 is 15.4 Å². The van der Waals surface area contributed by atoms with Gasteiger partial charge in [-0.05, 0) is 42.8 Å². The third-order valence-corrected chi connectivity index (χ3v) is 5.81. The number of amides is 1. The summed E-state index contributed by atoms with van der Waals surface area (Å²) in [5.74, 6) is -1.14. The maximum absolute atomic E-state index is 12.8. The Morgan fingerprint density at radius 1 is 0.971 bits per heavy atom. The van der Waals surface area contributed by atoms with Crippen molar-refractivity contribution in [3.05, 3.63) is 96.2 Å². The molecule has 172 valence electrons. The fourth-order valence-corrected chi connectivity index (χ4v) is 3.87. The maximum atomic E-state index is 12.8. The molecule has 0 heterocycles. The first kappa shape index (κ1) is 24.6. The minimum absolute atomic E-state index is 0.131. The van der Waals surface area contributed by atoms with Gasteiger partial charge in [0.2, 0.25) is 0 Å². The second kappa shape index (κ2) is 12.9. The van der Waals surface area contributed by atoms with Crippen LogP contribution in [0, 0.1) is 11.3 Å². The van der Waals surface area contributed by atoms with E-state index in [-0.39, 0.29) is 16.8 Å². The lowest BCUT2D eigenvalue weighted by Gasteiger charge is -2.11. The summed E-state index contributed by atoms with van der Waals surface area (Å²) >= 11 is 1.57. The lowest BCUT2D eigenvalue weighted by molar-refractivity contribution is -0.112. The van der Waals surface area contributed by atoms with Gasteiger partial charge in [0.1, 0.15) is 11.6 Å². The van der Waals surface area contributed by atoms with E-state index in [9.17, 15) is 14.9 Å². The summed E-state index contributed by atoms with van der Waals surface area (Å²) in [4.78, 5) is 27.2. The highest BCUT2D eigenvalue weighted by Gasteiger charge is 2.16. The molecule has 0 fully saturated rings. The third kappa shape index (κ3) is 6.99. The smallest absolute Gasteiger partial charge is 0.340 e. The van der Waals surface area contributed by atoms with Crippen LogP contribution in [0.4, 0.5) is 11.4 Å². The number of para-hydroxylation sites is 2. The minimum atomic E-state index is -0.628. The van der Waals surface area contributed by atoms with E-state index in [1.54, 1.807) is 36.0 Å². The molecule has 0 spiro atoms. The molecule has 0 aliphatic rings. The Kier molecular flexibility index (Phi) is 9.32. The number of benzene rings is 3. The van der Waals surface area contributed by atoms with Crippen molar-refractivity contribution in [3.63, 3.8) is 0 Å². The van der Waals surface area contributed by atoms with Crippen molar-refractivity contribution in [1.82, 2.24) is 0 Å². The molecule has 7 heteroatoms. The standard InChI is InChI=1S/C27H25N3O3S/c1-2-3-17-33-27(32)22-13-7-8-14-23(22)30-26(31)20(18-28)19-29-24-15-9-10-16-25(24)34-21-11-5-4-6-12-21/h4-16,19,29H,2-3,17H2,1H3,(H,30,31)/b20-19-. The molecule has 0 radical (unpaired) electrons. The average molecular weight is 472 g/mol. The zero-order valence-corrected chi connectivity index (χ0v) is 19.6. The molecule has 0 saturated heterocycles. The Morgan fingerprint density at radius 2 is 1.65 bits per heavy atom. The van der Waals surface area contributed by atoms with Crippen molar-refractivity contribution in [2.45, 2.75) is 29.6 Å². The second-order valence-corrected chi connectivity index (χ2v) is 8.33. The van der Waals surface area contributed by atoms with Crippen LogP contribution < -0.4 is 10.6 Å². The topological polar surface area (TPSA) is 91.2 Å². The molecule has 0 bridgehead atoms. The number of unbranched alkanes of at least 4 members (excludes halogenated alkanes) is 1. The molecular formula is C27H25N3O3S. The first-order valence-electron chi connectivity index (χ1n) is 10.9. The molecule has 0 saturated carbocycles. The molecule has 0 aliphatic heterocycles. The van der Waals surface area contributed by atoms with Crippen LogP contribution in [0.15, 0.2) is 100 Å². The number of ether oxygens (including phenoxy) is 1. The van der Waals surface area contributed by atoms with E-state index in [1.165, 1.54) is 6.20 Å². The number of hydrogen-bond acceptors (Lipinski definition) is 6. The van der Waals surface area contributed by atoms with Gasteiger partial charge in [-0.1, -0.05) is 67.6 Å². The highest BCUT2D eigenvalue weighted by atomic mass is 32.2. The first-order chi connectivity index (χ1) is 16.6. The zero-order valence-electron chi connectivity index (χ0n) is 18.8. The summed E-state index contributed by atoms with van der Waals surface area (Å²) in [6.07, 6.45) is 3.03. The number of nitrogens with one attached hydrogen (secondary N) is 2. The van der Waals surface area contributed by atoms with E-state index in [0.29, 0.717) is 6.61 Å². The third-order valence-electron chi connectivity index (χ3n) is 4.72. The van der Waals surface area contributed by atoms with Crippen LogP contribution in [0.1, 0.15) is 30.1 Å². The molecule has 0 atom stereocenters. The summed E-state index contributed by atoms with van der Waals surface area (Å²) in [5, 5.41) is 15.3. The van der Waals surface area contributed by atoms with Crippen molar-refractivity contribution >= 4 is 35.0 Å². The fraction of sp³-hybridized carbons (Fsp3) is 0.148. The molecule has 1 amide bonds. The molecule has 0 aliphatic carbocycles. The predicted octanol–water partition coefficient (Wildman–Crippen LogP) is 6.25. The van der Waals surface area contributed by atoms with E-state index < -0.39 is 11.9 Å². The van der Waals surface area contributed by atoms with Crippen LogP contribution in [-0.2, 0) is 9.53 Å². The number of carbonyl (C=O) groups excluding carboxylic acids is 2. The summed E-state index contributed by atoms with van der Waals surface area (Å²) < 4.78 is 5.26. The average Bonchev–Trinajstić information content (AvgIpc) is 2.86. The van der Waals surface area contributed by atoms with Crippen molar-refractivity contribution in [2.75, 3.05) is 17.2 Å². The molecule has 0 aromatic heterocycles. The quantitative estimate of drug-likeness (QED) is 0.157. The van der Waals surface area contributed by atoms with Crippen LogP contribution >= 0.6 is 11.8 Å². The molecule has 3 aromatic rings. The van der Waals surface area contributed by atoms with E-state index in [2.05, 4.69) is 10.6 Å². The first-order valence-corrected chi connectivity index (χ1v) is 11.7. The summed E-state index contributed by atoms with van der Waals surface area (Å²) in [6.45, 7) is 2.32. The predicted molar refractivity (Wildman–Crippen MR) is 135 cm³/mol. The number of esters is 1. The van der Waals surface area contributed by atoms with Gasteiger partial charge in [0, 0.05) is 16.0 Å². The molecule has 34 heavy (non-hydrogen) atoms. The highest BCUT2D eigenvalue weighted by Crippen LogP contribution is 2.33. The van der Waals surface area contributed by atoms with Gasteiger partial charge in [0.15, 0.2) is 0 Å². The molecule has 6 nitrogen and oxygen atoms in total. The molecular weight excluding hydrogens is 446 g/mol. The van der Waals surface area contributed by atoms with Gasteiger partial charge in [-0.15, -0.1) is 0 Å². The maximum Gasteiger partial charge on any atom is 0.340 e. The second-order valence-electron chi connectivity index (χ2n) is 7.21. The van der Waals surface area contributed by atoms with Crippen molar-refractivity contribution in [3.8, 4) is 6.07 Å². The van der Waals surface area contributed by atoms with E-state index in [0.717, 1.165) is 28.3 Å². The van der Waals surface area contributed by atoms with Gasteiger partial charge in [-0.2, -0.15) is 5.26 Å². The molecule has 0 unspecified atom stereocenters. The number of anilines is 2. The summed E-state index contributed by atoms with van der Waals surface area (Å²) in [6, 6.07) is 26.0. The Hall–Kier alpha value is -4.02. The fourth-order valence-electron chi connectivity index (χ4n) is 2.94. The number of carbonyl (C=O) groups is 2. The molecule has 3 aromatic carbocycles. The van der Waals surface area contributed by atoms with Crippen LogP contribution in [0.3, 0.4) is 0 Å². The van der Waals surface area contributed by atoms with Gasteiger partial charge in [0.25, 0.3) is 5.91 Å². The molecule has 2 N–H and O–H groups in total. The Labute approximate surface area is 203 Å². The largest absolute Gasteiger partial charge is 0.462 e. The van der Waals surface area contributed by atoms with Crippen LogP contribution in [-0.4, -0.2) is 18.5 Å². The molecule has 3 rings (SSSR count). The van der Waals surface area contributed by atoms with Crippen LogP contribution in [0.2, 0.25) is 0 Å². The number of hydrogen-bond donors (Lipinski definition) is 2. The monoisotopic (exact) mass is 471 g/mol. The minimum Gasteiger partial charge on any atom is -0.462 e. The normalized spacial score (nSPS) is 10.8. The van der Waals surface area contributed by atoms with Gasteiger partial charge >= 0.3 is 5.97 Å². The highest BCUT2D eigenvalue weighted by molar-refractivity contribution is 7.99. The lowest BCUT2D eigenvalue weighted by atomic mass is 10.1. The van der Waals surface area contributed by atoms with Gasteiger partial charge in [0.05, 0.1) is 23.5 Å². The Bertz CT molecular complexity index is 1200. The Morgan fingerprint density at radius 3 is 2.38 bits per heavy atom. The SMILES string of the molecule is CCCCOC(=O)c1ccccc1NC(=O)/C(C#N)=C\Nc1ccccc1Sc1ccccc1. The zero-order chi connectivity index (χ0) is 24.2. The van der Waals surface area contributed by atoms with Crippen molar-refractivity contribution in [2.24, 2.45) is 0 Å². The van der Waals surface area contributed by atoms with E-state index in [1.807, 2.05) is 67.6 Å². The van der Waals surface area contributed by atoms with E-state index in [4.69, 9.17) is 4.74 Å². The Balaban J connectivity index is 1.73. The van der Waals surface area contributed by atoms with Crippen LogP contribution in [0.5, 0.6) is 0 Å². The van der Waals surface area contributed by atoms with Gasteiger partial charge in [-0.25, -0.2) is 4.79 Å². The summed E-state index contributed by atoms with van der Waals surface area (Å²) in [7, 11) is 0. The number of rotatable bonds is 10. The van der Waals surface area contributed by atoms with Crippen LogP contribution in [0.25, 0.3) is 0 Å². The number of nitrogens with zero attached hydrogens (tertiary/aromatic N) is 1. The van der Waals surface area contributed by atoms with Gasteiger partial charge in [-0.3, -0.25) is 4.79 Å². The van der Waals surface area contributed by atoms with Crippen molar-refractivity contribution < 1.29 is 14.3 Å². The summed E-state index contributed by atoms with van der Waals surface area (Å²) in [5.41, 5.74) is 1.16. The van der Waals surface area contributed by atoms with Crippen molar-refractivity contribution in [1.29, 1.82) is 5.26 Å². The number of nitriles is 1. The van der Waals surface area contributed by atoms with E-state index >= 15 is 0 Å².